The lowest BCUT2D eigenvalue weighted by molar-refractivity contribution is -0.124. The van der Waals surface area contributed by atoms with Gasteiger partial charge in [-0.3, -0.25) is 9.59 Å². The van der Waals surface area contributed by atoms with Gasteiger partial charge in [-0.15, -0.1) is 0 Å². The van der Waals surface area contributed by atoms with Crippen molar-refractivity contribution in [2.24, 2.45) is 10.9 Å². The van der Waals surface area contributed by atoms with Crippen molar-refractivity contribution in [2.45, 2.75) is 19.1 Å². The number of hydrogen-bond acceptors (Lipinski definition) is 8. The summed E-state index contributed by atoms with van der Waals surface area (Å²) in [6, 6.07) is 3.50. The minimum absolute atomic E-state index is 0.183. The van der Waals surface area contributed by atoms with Crippen LogP contribution < -0.4 is 15.1 Å². The van der Waals surface area contributed by atoms with Gasteiger partial charge in [-0.2, -0.15) is 13.2 Å². The summed E-state index contributed by atoms with van der Waals surface area (Å²) in [6.07, 6.45) is -0.566. The van der Waals surface area contributed by atoms with E-state index in [4.69, 9.17) is 16.3 Å². The highest BCUT2D eigenvalue weighted by atomic mass is 35.5. The van der Waals surface area contributed by atoms with Gasteiger partial charge in [0.25, 0.3) is 5.91 Å². The van der Waals surface area contributed by atoms with Crippen molar-refractivity contribution in [1.82, 2.24) is 14.9 Å². The van der Waals surface area contributed by atoms with Crippen LogP contribution in [0.2, 0.25) is 5.02 Å². The van der Waals surface area contributed by atoms with Crippen LogP contribution in [0.5, 0.6) is 0 Å². The predicted molar refractivity (Wildman–Crippen MR) is 150 cm³/mol. The van der Waals surface area contributed by atoms with Gasteiger partial charge in [0.1, 0.15) is 5.92 Å². The molecule has 1 N–H and O–H groups in total. The summed E-state index contributed by atoms with van der Waals surface area (Å²) in [5.41, 5.74) is 0.641. The number of nitrogens with zero attached hydrogens (tertiary/aromatic N) is 6. The number of dihydropyridines is 1. The molecule has 0 saturated carbocycles. The van der Waals surface area contributed by atoms with E-state index in [0.717, 1.165) is 12.8 Å². The Bertz CT molecular complexity index is 1380. The number of morpholine rings is 1. The maximum absolute atomic E-state index is 13.7. The Morgan fingerprint density at radius 1 is 1.10 bits per heavy atom. The number of benzene rings is 1. The van der Waals surface area contributed by atoms with E-state index in [-0.39, 0.29) is 11.7 Å². The molecule has 14 heteroatoms. The summed E-state index contributed by atoms with van der Waals surface area (Å²) in [5.74, 6) is -3.28. The molecule has 2 amide bonds. The van der Waals surface area contributed by atoms with Crippen LogP contribution in [-0.2, 0) is 14.3 Å². The highest BCUT2D eigenvalue weighted by Gasteiger charge is 2.43. The Morgan fingerprint density at radius 2 is 1.80 bits per heavy atom. The molecule has 2 atom stereocenters. The Kier molecular flexibility index (Phi) is 8.30. The maximum atomic E-state index is 13.7. The lowest BCUT2D eigenvalue weighted by Crippen LogP contribution is -2.50. The first-order valence-corrected chi connectivity index (χ1v) is 13.5. The fourth-order valence-electron chi connectivity index (χ4n) is 4.97. The van der Waals surface area contributed by atoms with Gasteiger partial charge in [0.15, 0.2) is 0 Å². The molecule has 0 aliphatic carbocycles. The molecule has 218 valence electrons. The van der Waals surface area contributed by atoms with E-state index in [2.05, 4.69) is 32.1 Å². The van der Waals surface area contributed by atoms with Crippen molar-refractivity contribution in [3.05, 3.63) is 41.2 Å². The van der Waals surface area contributed by atoms with Gasteiger partial charge in [-0.1, -0.05) is 11.6 Å². The zero-order valence-electron chi connectivity index (χ0n) is 22.5. The summed E-state index contributed by atoms with van der Waals surface area (Å²) in [4.78, 5) is 43.5. The minimum atomic E-state index is -4.88. The fourth-order valence-corrected chi connectivity index (χ4v) is 5.23. The van der Waals surface area contributed by atoms with E-state index in [9.17, 15) is 22.8 Å². The van der Waals surface area contributed by atoms with Crippen LogP contribution in [0.1, 0.15) is 6.92 Å². The number of hydrogen-bond donors (Lipinski definition) is 1. The van der Waals surface area contributed by atoms with E-state index in [1.807, 2.05) is 16.8 Å². The second-order valence-electron chi connectivity index (χ2n) is 10.2. The number of rotatable bonds is 5. The second kappa shape index (κ2) is 11.7. The third-order valence-electron chi connectivity index (χ3n) is 7.46. The van der Waals surface area contributed by atoms with Gasteiger partial charge >= 0.3 is 6.18 Å². The number of amides is 2. The number of halogens is 4. The molecule has 2 fully saturated rings. The number of carbonyl (C=O) groups excluding carboxylic acids is 2. The Balaban J connectivity index is 1.50. The van der Waals surface area contributed by atoms with Gasteiger partial charge in [-0.05, 0) is 26.1 Å². The average Bonchev–Trinajstić information content (AvgIpc) is 2.95. The fraction of sp³-hybridized carbons (Fsp3) is 0.444. The largest absolute Gasteiger partial charge is 0.414 e. The molecule has 1 aromatic carbocycles. The van der Waals surface area contributed by atoms with E-state index in [0.29, 0.717) is 73.3 Å². The van der Waals surface area contributed by atoms with Gasteiger partial charge < -0.3 is 24.8 Å². The second-order valence-corrected chi connectivity index (χ2v) is 10.6. The molecule has 4 heterocycles. The molecule has 10 nitrogen and oxygen atoms in total. The van der Waals surface area contributed by atoms with Crippen molar-refractivity contribution >= 4 is 47.0 Å². The van der Waals surface area contributed by atoms with Crippen LogP contribution in [0, 0.1) is 5.92 Å². The molecule has 0 radical (unpaired) electrons. The van der Waals surface area contributed by atoms with Crippen LogP contribution in [0.3, 0.4) is 0 Å². The first-order valence-electron chi connectivity index (χ1n) is 13.1. The number of ether oxygens (including phenoxy) is 1. The molecule has 1 unspecified atom stereocenters. The molecular weight excluding hydrogens is 563 g/mol. The molecule has 41 heavy (non-hydrogen) atoms. The lowest BCUT2D eigenvalue weighted by atomic mass is 9.95. The Morgan fingerprint density at radius 3 is 2.46 bits per heavy atom. The predicted octanol–water partition coefficient (Wildman–Crippen LogP) is 3.43. The molecule has 1 aromatic heterocycles. The highest BCUT2D eigenvalue weighted by Crippen LogP contribution is 2.39. The molecule has 0 spiro atoms. The van der Waals surface area contributed by atoms with Crippen molar-refractivity contribution in [1.29, 1.82) is 0 Å². The van der Waals surface area contributed by atoms with Gasteiger partial charge in [0.05, 0.1) is 35.2 Å². The maximum Gasteiger partial charge on any atom is 0.414 e. The first-order chi connectivity index (χ1) is 19.5. The summed E-state index contributed by atoms with van der Waals surface area (Å²) < 4.78 is 46.5. The number of nitrogens with one attached hydrogen (secondary N) is 1. The van der Waals surface area contributed by atoms with Gasteiger partial charge in [-0.25, -0.2) is 15.0 Å². The normalized spacial score (nSPS) is 22.1. The van der Waals surface area contributed by atoms with Crippen LogP contribution in [-0.4, -0.2) is 98.1 Å². The minimum Gasteiger partial charge on any atom is -0.378 e. The third kappa shape index (κ3) is 6.36. The SMILES string of the molecule is C[C@H]1CN(c2cc(Cl)c(-c3cnc(N4CCOCC4)nc3)cc2NC(=O)C2C=NC(=O)C=C2C(F)(F)F)CCN1C. The monoisotopic (exact) mass is 591 g/mol. The topological polar surface area (TPSA) is 103 Å². The zero-order chi connectivity index (χ0) is 29.3. The Labute approximate surface area is 239 Å². The van der Waals surface area contributed by atoms with Crippen molar-refractivity contribution in [2.75, 3.05) is 68.1 Å². The van der Waals surface area contributed by atoms with E-state index in [1.165, 1.54) is 0 Å². The van der Waals surface area contributed by atoms with Gasteiger partial charge in [0.2, 0.25) is 11.9 Å². The molecule has 2 saturated heterocycles. The van der Waals surface area contributed by atoms with E-state index < -0.39 is 29.5 Å². The smallest absolute Gasteiger partial charge is 0.378 e. The molecule has 3 aliphatic heterocycles. The number of anilines is 3. The number of aliphatic imine (C=N–C) groups is 1. The van der Waals surface area contributed by atoms with E-state index in [1.54, 1.807) is 24.5 Å². The molecule has 2 aromatic rings. The number of alkyl halides is 3. The first kappa shape index (κ1) is 29.0. The lowest BCUT2D eigenvalue weighted by Gasteiger charge is -2.40. The van der Waals surface area contributed by atoms with Crippen molar-refractivity contribution < 1.29 is 27.5 Å². The van der Waals surface area contributed by atoms with Crippen LogP contribution in [0.15, 0.2) is 41.2 Å². The molecule has 3 aliphatic rings. The molecule has 5 rings (SSSR count). The summed E-state index contributed by atoms with van der Waals surface area (Å²) >= 11 is 6.74. The van der Waals surface area contributed by atoms with Crippen molar-refractivity contribution in [3.63, 3.8) is 0 Å². The quantitative estimate of drug-likeness (QED) is 0.564. The Hall–Kier alpha value is -3.55. The number of likely N-dealkylation sites (N-methyl/N-ethyl adjacent to an activating group) is 1. The zero-order valence-corrected chi connectivity index (χ0v) is 23.2. The van der Waals surface area contributed by atoms with E-state index >= 15 is 0 Å². The number of piperazine rings is 1. The highest BCUT2D eigenvalue weighted by molar-refractivity contribution is 6.34. The standard InChI is InChI=1S/C27H29ClF3N7O3/c1-16-15-38(4-3-36(16)2)23-11-21(28)18(17-12-33-26(34-13-17)37-5-7-41-8-6-37)9-22(23)35-25(40)19-14-32-24(39)10-20(19)27(29,30)31/h9-14,16,19H,3-8,15H2,1-2H3,(H,35,40)/t16-,19?/m0/s1. The van der Waals surface area contributed by atoms with Crippen LogP contribution in [0.4, 0.5) is 30.5 Å². The summed E-state index contributed by atoms with van der Waals surface area (Å²) in [6.45, 7) is 6.52. The summed E-state index contributed by atoms with van der Waals surface area (Å²) in [5, 5.41) is 3.03. The molecular formula is C27H29ClF3N7O3. The number of aromatic nitrogens is 2. The van der Waals surface area contributed by atoms with Crippen LogP contribution >= 0.6 is 11.6 Å². The van der Waals surface area contributed by atoms with Crippen LogP contribution in [0.25, 0.3) is 11.1 Å². The third-order valence-corrected chi connectivity index (χ3v) is 7.77. The average molecular weight is 592 g/mol. The summed E-state index contributed by atoms with van der Waals surface area (Å²) in [7, 11) is 2.01. The van der Waals surface area contributed by atoms with Crippen molar-refractivity contribution in [3.8, 4) is 11.1 Å². The number of carbonyl (C=O) groups is 2. The van der Waals surface area contributed by atoms with Gasteiger partial charge in [0, 0.05) is 74.6 Å². The molecule has 0 bridgehead atoms.